The number of fused-ring (bicyclic) bond motifs is 3. The largest absolute Gasteiger partial charge is 0.416 e. The molecule has 0 aliphatic carbocycles. The van der Waals surface area contributed by atoms with Crippen LogP contribution in [0.15, 0.2) is 42.5 Å². The van der Waals surface area contributed by atoms with Gasteiger partial charge in [-0.25, -0.2) is 17.6 Å². The molecule has 1 unspecified atom stereocenters. The normalized spacial score (nSPS) is 16.7. The monoisotopic (exact) mass is 614 g/mol. The molecule has 15 heteroatoms. The molecule has 3 N–H and O–H groups in total. The Bertz CT molecular complexity index is 1770. The highest BCUT2D eigenvalue weighted by molar-refractivity contribution is 6.31. The van der Waals surface area contributed by atoms with Gasteiger partial charge in [0, 0.05) is 46.3 Å². The summed E-state index contributed by atoms with van der Waals surface area (Å²) in [5.74, 6) is -4.45. The lowest BCUT2D eigenvalue weighted by molar-refractivity contribution is -0.137. The Kier molecular flexibility index (Phi) is 7.18. The maximum atomic E-state index is 14.3. The van der Waals surface area contributed by atoms with E-state index in [4.69, 9.17) is 11.6 Å². The fourth-order valence-corrected chi connectivity index (χ4v) is 5.22. The summed E-state index contributed by atoms with van der Waals surface area (Å²) in [5.41, 5.74) is -6.13. The molecule has 0 spiro atoms. The maximum absolute atomic E-state index is 14.3. The first-order valence-corrected chi connectivity index (χ1v) is 12.5. The van der Waals surface area contributed by atoms with Crippen LogP contribution in [0.4, 0.5) is 36.4 Å². The number of aliphatic hydroxyl groups is 1. The Morgan fingerprint density at radius 2 is 1.86 bits per heavy atom. The average molecular weight is 615 g/mol. The van der Waals surface area contributed by atoms with Crippen LogP contribution >= 0.6 is 11.6 Å². The number of carbonyl (C=O) groups excluding carboxylic acids is 2. The van der Waals surface area contributed by atoms with E-state index in [0.717, 1.165) is 18.2 Å². The first kappa shape index (κ1) is 29.3. The SMILES string of the molecule is Cn1nc2c3c(c(NC(=O)c4cc(F)cc(C(F)(F)F)c4)cc2c1CCC(F)F)C(O)(c1cc(F)ccc1Cl)NC3=O. The molecular weight excluding hydrogens is 597 g/mol. The number of nitrogens with one attached hydrogen (secondary N) is 2. The molecular formula is C27H18ClF7N4O3. The van der Waals surface area contributed by atoms with Crippen molar-refractivity contribution in [2.24, 2.45) is 7.05 Å². The number of aryl methyl sites for hydroxylation is 2. The number of alkyl halides is 5. The molecule has 0 saturated carbocycles. The summed E-state index contributed by atoms with van der Waals surface area (Å²) >= 11 is 6.23. The molecule has 0 fully saturated rings. The van der Waals surface area contributed by atoms with E-state index in [0.29, 0.717) is 12.1 Å². The number of benzene rings is 3. The fraction of sp³-hybridized carbons (Fsp3) is 0.222. The summed E-state index contributed by atoms with van der Waals surface area (Å²) in [5, 5.41) is 20.5. The minimum Gasteiger partial charge on any atom is -0.363 e. The van der Waals surface area contributed by atoms with Crippen LogP contribution in [0.1, 0.15) is 49.5 Å². The lowest BCUT2D eigenvalue weighted by atomic mass is 9.90. The number of rotatable bonds is 6. The Balaban J connectivity index is 1.75. The molecule has 220 valence electrons. The fourth-order valence-electron chi connectivity index (χ4n) is 4.96. The van der Waals surface area contributed by atoms with Gasteiger partial charge < -0.3 is 15.7 Å². The molecule has 2 amide bonds. The summed E-state index contributed by atoms with van der Waals surface area (Å²) in [7, 11) is 1.42. The van der Waals surface area contributed by atoms with E-state index in [-0.39, 0.29) is 50.9 Å². The van der Waals surface area contributed by atoms with Gasteiger partial charge in [0.1, 0.15) is 17.2 Å². The molecule has 4 aromatic rings. The van der Waals surface area contributed by atoms with Gasteiger partial charge in [0.15, 0.2) is 5.72 Å². The van der Waals surface area contributed by atoms with Crippen LogP contribution in [-0.2, 0) is 25.4 Å². The van der Waals surface area contributed by atoms with Crippen molar-refractivity contribution in [1.82, 2.24) is 15.1 Å². The lowest BCUT2D eigenvalue weighted by Crippen LogP contribution is -2.41. The molecule has 5 rings (SSSR count). The van der Waals surface area contributed by atoms with Crippen LogP contribution in [0.25, 0.3) is 10.9 Å². The molecule has 1 aromatic heterocycles. The Labute approximate surface area is 236 Å². The number of anilines is 1. The smallest absolute Gasteiger partial charge is 0.363 e. The maximum Gasteiger partial charge on any atom is 0.416 e. The van der Waals surface area contributed by atoms with Crippen LogP contribution in [0, 0.1) is 11.6 Å². The van der Waals surface area contributed by atoms with Gasteiger partial charge in [-0.15, -0.1) is 0 Å². The summed E-state index contributed by atoms with van der Waals surface area (Å²) in [6, 6.07) is 5.22. The summed E-state index contributed by atoms with van der Waals surface area (Å²) in [6.07, 6.45) is -8.50. The van der Waals surface area contributed by atoms with Crippen LogP contribution < -0.4 is 10.6 Å². The van der Waals surface area contributed by atoms with Crippen molar-refractivity contribution in [3.05, 3.63) is 92.6 Å². The molecule has 1 aliphatic rings. The van der Waals surface area contributed by atoms with Gasteiger partial charge in [0.25, 0.3) is 11.8 Å². The molecule has 0 bridgehead atoms. The molecule has 3 aromatic carbocycles. The molecule has 7 nitrogen and oxygen atoms in total. The third kappa shape index (κ3) is 5.04. The molecule has 0 saturated heterocycles. The van der Waals surface area contributed by atoms with Gasteiger partial charge in [0.2, 0.25) is 6.43 Å². The second kappa shape index (κ2) is 10.3. The van der Waals surface area contributed by atoms with E-state index >= 15 is 0 Å². The molecule has 0 radical (unpaired) electrons. The predicted octanol–water partition coefficient (Wildman–Crippen LogP) is 5.91. The van der Waals surface area contributed by atoms with Crippen LogP contribution in [0.2, 0.25) is 5.02 Å². The zero-order valence-electron chi connectivity index (χ0n) is 21.2. The van der Waals surface area contributed by atoms with Crippen molar-refractivity contribution >= 4 is 40.0 Å². The second-order valence-electron chi connectivity index (χ2n) is 9.54. The standard InChI is InChI=1S/C27H18ClF7N4O3/c1-39-19(4-5-20(31)32)15-10-18(36-24(40)11-6-12(27(33,34)35)8-14(30)7-11)22-21(23(15)38-39)25(41)37-26(22,42)16-9-13(29)2-3-17(16)28/h2-3,6-10,20,42H,4-5H2,1H3,(H,36,40)(H,37,41). The van der Waals surface area contributed by atoms with Gasteiger partial charge in [-0.3, -0.25) is 14.3 Å². The minimum atomic E-state index is -4.99. The quantitative estimate of drug-likeness (QED) is 0.235. The van der Waals surface area contributed by atoms with Crippen molar-refractivity contribution < 1.29 is 45.4 Å². The van der Waals surface area contributed by atoms with E-state index in [2.05, 4.69) is 15.7 Å². The van der Waals surface area contributed by atoms with Gasteiger partial charge in [-0.1, -0.05) is 11.6 Å². The highest BCUT2D eigenvalue weighted by Crippen LogP contribution is 2.46. The van der Waals surface area contributed by atoms with Crippen molar-refractivity contribution in [1.29, 1.82) is 0 Å². The number of halogens is 8. The summed E-state index contributed by atoms with van der Waals surface area (Å²) in [4.78, 5) is 26.5. The molecule has 1 aliphatic heterocycles. The highest BCUT2D eigenvalue weighted by atomic mass is 35.5. The first-order valence-electron chi connectivity index (χ1n) is 12.1. The van der Waals surface area contributed by atoms with Crippen LogP contribution in [0.3, 0.4) is 0 Å². The van der Waals surface area contributed by atoms with E-state index in [1.807, 2.05) is 0 Å². The van der Waals surface area contributed by atoms with E-state index in [1.54, 1.807) is 0 Å². The number of hydrogen-bond donors (Lipinski definition) is 3. The topological polar surface area (TPSA) is 96.2 Å². The van der Waals surface area contributed by atoms with Gasteiger partial charge in [0.05, 0.1) is 16.8 Å². The lowest BCUT2D eigenvalue weighted by Gasteiger charge is -2.27. The number of hydrogen-bond acceptors (Lipinski definition) is 4. The zero-order chi connectivity index (χ0) is 30.7. The summed E-state index contributed by atoms with van der Waals surface area (Å²) in [6.45, 7) is 0. The Hall–Kier alpha value is -4.17. The highest BCUT2D eigenvalue weighted by Gasteiger charge is 2.48. The molecule has 42 heavy (non-hydrogen) atoms. The number of carbonyl (C=O) groups is 2. The average Bonchev–Trinajstić information content (AvgIpc) is 3.35. The molecule has 1 atom stereocenters. The number of amides is 2. The Morgan fingerprint density at radius 3 is 2.52 bits per heavy atom. The van der Waals surface area contributed by atoms with Crippen molar-refractivity contribution in [3.63, 3.8) is 0 Å². The number of aromatic nitrogens is 2. The zero-order valence-corrected chi connectivity index (χ0v) is 22.0. The van der Waals surface area contributed by atoms with Crippen molar-refractivity contribution in [3.8, 4) is 0 Å². The number of nitrogens with zero attached hydrogens (tertiary/aromatic N) is 2. The van der Waals surface area contributed by atoms with Crippen LogP contribution in [-0.4, -0.2) is 33.1 Å². The van der Waals surface area contributed by atoms with Crippen LogP contribution in [0.5, 0.6) is 0 Å². The molecule has 2 heterocycles. The van der Waals surface area contributed by atoms with E-state index in [1.165, 1.54) is 17.8 Å². The first-order chi connectivity index (χ1) is 19.6. The van der Waals surface area contributed by atoms with E-state index < -0.39 is 64.9 Å². The second-order valence-corrected chi connectivity index (χ2v) is 9.95. The van der Waals surface area contributed by atoms with Gasteiger partial charge >= 0.3 is 6.18 Å². The minimum absolute atomic E-state index is 0.0687. The third-order valence-electron chi connectivity index (χ3n) is 6.79. The Morgan fingerprint density at radius 1 is 1.14 bits per heavy atom. The van der Waals surface area contributed by atoms with Gasteiger partial charge in [-0.2, -0.15) is 18.3 Å². The van der Waals surface area contributed by atoms with Crippen molar-refractivity contribution in [2.75, 3.05) is 5.32 Å². The van der Waals surface area contributed by atoms with E-state index in [9.17, 15) is 45.4 Å². The summed E-state index contributed by atoms with van der Waals surface area (Å²) < 4.78 is 95.5. The predicted molar refractivity (Wildman–Crippen MR) is 136 cm³/mol. The third-order valence-corrected chi connectivity index (χ3v) is 7.12. The van der Waals surface area contributed by atoms with Crippen molar-refractivity contribution in [2.45, 2.75) is 31.2 Å². The van der Waals surface area contributed by atoms with Gasteiger partial charge in [-0.05, 0) is 48.9 Å².